The molecule has 1 aliphatic rings. The Balaban J connectivity index is 1.82. The highest BCUT2D eigenvalue weighted by molar-refractivity contribution is 7.99. The van der Waals surface area contributed by atoms with Crippen molar-refractivity contribution in [1.82, 2.24) is 15.2 Å². The molecule has 2 amide bonds. The Bertz CT molecular complexity index is 727. The molecule has 0 spiro atoms. The van der Waals surface area contributed by atoms with Crippen molar-refractivity contribution in [2.24, 2.45) is 0 Å². The molecule has 2 heterocycles. The van der Waals surface area contributed by atoms with Crippen molar-refractivity contribution < 1.29 is 9.59 Å². The summed E-state index contributed by atoms with van der Waals surface area (Å²) < 4.78 is 0. The summed E-state index contributed by atoms with van der Waals surface area (Å²) in [6.07, 6.45) is 2.61. The number of nitrogens with one attached hydrogen (secondary N) is 2. The summed E-state index contributed by atoms with van der Waals surface area (Å²) in [4.78, 5) is 30.1. The first-order valence-electron chi connectivity index (χ1n) is 7.87. The number of benzene rings is 1. The monoisotopic (exact) mass is 331 g/mol. The highest BCUT2D eigenvalue weighted by Gasteiger charge is 2.36. The fourth-order valence-corrected chi connectivity index (χ4v) is 3.86. The Hall–Kier alpha value is -1.95. The number of nitrogens with zero attached hydrogens (tertiary/aromatic N) is 1. The third kappa shape index (κ3) is 3.08. The number of hydrogen-bond acceptors (Lipinski definition) is 3. The number of aromatic amines is 1. The van der Waals surface area contributed by atoms with E-state index < -0.39 is 6.04 Å². The zero-order valence-electron chi connectivity index (χ0n) is 13.3. The van der Waals surface area contributed by atoms with E-state index in [2.05, 4.69) is 10.3 Å². The van der Waals surface area contributed by atoms with Crippen LogP contribution >= 0.6 is 11.8 Å². The molecular weight excluding hydrogens is 310 g/mol. The van der Waals surface area contributed by atoms with Gasteiger partial charge in [-0.15, -0.1) is 11.8 Å². The van der Waals surface area contributed by atoms with Gasteiger partial charge >= 0.3 is 0 Å². The molecule has 1 aromatic carbocycles. The number of para-hydroxylation sites is 1. The Labute approximate surface area is 139 Å². The van der Waals surface area contributed by atoms with Gasteiger partial charge in [-0.2, -0.15) is 0 Å². The number of H-pyrrole nitrogens is 1. The van der Waals surface area contributed by atoms with Crippen molar-refractivity contribution in [3.05, 3.63) is 36.0 Å². The average Bonchev–Trinajstić information content (AvgIpc) is 3.21. The van der Waals surface area contributed by atoms with E-state index in [1.165, 1.54) is 0 Å². The van der Waals surface area contributed by atoms with Crippen LogP contribution in [0.15, 0.2) is 30.5 Å². The van der Waals surface area contributed by atoms with Gasteiger partial charge in [0.1, 0.15) is 6.04 Å². The number of rotatable bonds is 4. The van der Waals surface area contributed by atoms with Crippen LogP contribution in [0.25, 0.3) is 10.9 Å². The molecule has 1 fully saturated rings. The van der Waals surface area contributed by atoms with Gasteiger partial charge in [0.15, 0.2) is 0 Å². The van der Waals surface area contributed by atoms with Gasteiger partial charge in [0.2, 0.25) is 5.91 Å². The molecule has 2 N–H and O–H groups in total. The summed E-state index contributed by atoms with van der Waals surface area (Å²) in [6.45, 7) is 4.01. The predicted molar refractivity (Wildman–Crippen MR) is 93.5 cm³/mol. The zero-order chi connectivity index (χ0) is 16.4. The fourth-order valence-electron chi connectivity index (χ4n) is 2.70. The van der Waals surface area contributed by atoms with E-state index in [1.807, 2.05) is 38.1 Å². The molecule has 3 rings (SSSR count). The molecular formula is C17H21N3O2S. The minimum atomic E-state index is -0.393. The summed E-state index contributed by atoms with van der Waals surface area (Å²) in [6, 6.07) is 7.45. The standard InChI is InChI=1S/C17H21N3O2S/c1-3-11(2)19-16(21)15-9-23-10-20(15)17(22)13-8-18-14-7-5-4-6-12(13)14/h4-8,11,15,18H,3,9-10H2,1-2H3,(H,19,21)/t11-,15+/m0/s1. The first-order valence-corrected chi connectivity index (χ1v) is 9.02. The van der Waals surface area contributed by atoms with Crippen molar-refractivity contribution in [3.63, 3.8) is 0 Å². The predicted octanol–water partition coefficient (Wildman–Crippen LogP) is 2.60. The maximum atomic E-state index is 12.9. The van der Waals surface area contributed by atoms with E-state index in [0.717, 1.165) is 17.3 Å². The van der Waals surface area contributed by atoms with Crippen molar-refractivity contribution in [3.8, 4) is 0 Å². The fraction of sp³-hybridized carbons (Fsp3) is 0.412. The lowest BCUT2D eigenvalue weighted by Crippen LogP contribution is -2.49. The maximum Gasteiger partial charge on any atom is 0.257 e. The molecule has 2 atom stereocenters. The van der Waals surface area contributed by atoms with E-state index in [0.29, 0.717) is 17.2 Å². The summed E-state index contributed by atoms with van der Waals surface area (Å²) in [5, 5.41) is 3.88. The summed E-state index contributed by atoms with van der Waals surface area (Å²) >= 11 is 1.62. The number of thioether (sulfide) groups is 1. The Morgan fingerprint density at radius 1 is 1.43 bits per heavy atom. The van der Waals surface area contributed by atoms with Crippen molar-refractivity contribution >= 4 is 34.5 Å². The van der Waals surface area contributed by atoms with Crippen molar-refractivity contribution in [2.45, 2.75) is 32.4 Å². The zero-order valence-corrected chi connectivity index (χ0v) is 14.2. The first kappa shape index (κ1) is 15.9. The molecule has 0 saturated carbocycles. The number of aromatic nitrogens is 1. The van der Waals surface area contributed by atoms with Crippen LogP contribution in [0.4, 0.5) is 0 Å². The van der Waals surface area contributed by atoms with Crippen LogP contribution in [0.3, 0.4) is 0 Å². The molecule has 6 heteroatoms. The second kappa shape index (κ2) is 6.66. The molecule has 23 heavy (non-hydrogen) atoms. The van der Waals surface area contributed by atoms with Gasteiger partial charge in [0, 0.05) is 28.9 Å². The number of amides is 2. The molecule has 1 aliphatic heterocycles. The third-order valence-electron chi connectivity index (χ3n) is 4.27. The van der Waals surface area contributed by atoms with Crippen LogP contribution in [0.2, 0.25) is 0 Å². The van der Waals surface area contributed by atoms with E-state index in [1.54, 1.807) is 22.9 Å². The molecule has 1 saturated heterocycles. The molecule has 2 aromatic rings. The van der Waals surface area contributed by atoms with E-state index >= 15 is 0 Å². The van der Waals surface area contributed by atoms with Gasteiger partial charge < -0.3 is 15.2 Å². The van der Waals surface area contributed by atoms with E-state index in [4.69, 9.17) is 0 Å². The van der Waals surface area contributed by atoms with E-state index in [-0.39, 0.29) is 17.9 Å². The molecule has 0 bridgehead atoms. The van der Waals surface area contributed by atoms with Gasteiger partial charge in [0.25, 0.3) is 5.91 Å². The highest BCUT2D eigenvalue weighted by atomic mass is 32.2. The number of fused-ring (bicyclic) bond motifs is 1. The number of hydrogen-bond donors (Lipinski definition) is 2. The topological polar surface area (TPSA) is 65.2 Å². The lowest BCUT2D eigenvalue weighted by atomic mass is 10.1. The normalized spacial score (nSPS) is 19.0. The molecule has 0 aliphatic carbocycles. The van der Waals surface area contributed by atoms with Crippen LogP contribution < -0.4 is 5.32 Å². The van der Waals surface area contributed by atoms with Gasteiger partial charge in [-0.3, -0.25) is 9.59 Å². The summed E-state index contributed by atoms with van der Waals surface area (Å²) in [5.74, 6) is 1.06. The number of carbonyl (C=O) groups excluding carboxylic acids is 2. The van der Waals surface area contributed by atoms with Crippen molar-refractivity contribution in [2.75, 3.05) is 11.6 Å². The van der Waals surface area contributed by atoms with Crippen LogP contribution in [0.5, 0.6) is 0 Å². The molecule has 0 radical (unpaired) electrons. The van der Waals surface area contributed by atoms with Crippen molar-refractivity contribution in [1.29, 1.82) is 0 Å². The smallest absolute Gasteiger partial charge is 0.257 e. The van der Waals surface area contributed by atoms with Gasteiger partial charge in [0.05, 0.1) is 11.4 Å². The molecule has 1 aromatic heterocycles. The largest absolute Gasteiger partial charge is 0.360 e. The Kier molecular flexibility index (Phi) is 4.61. The second-order valence-electron chi connectivity index (χ2n) is 5.86. The molecule has 0 unspecified atom stereocenters. The van der Waals surface area contributed by atoms with Crippen LogP contribution in [-0.2, 0) is 4.79 Å². The quantitative estimate of drug-likeness (QED) is 0.905. The third-order valence-corrected chi connectivity index (χ3v) is 5.28. The highest BCUT2D eigenvalue weighted by Crippen LogP contribution is 2.26. The average molecular weight is 331 g/mol. The van der Waals surface area contributed by atoms with Gasteiger partial charge in [-0.1, -0.05) is 25.1 Å². The van der Waals surface area contributed by atoms with Gasteiger partial charge in [-0.25, -0.2) is 0 Å². The SMILES string of the molecule is CC[C@H](C)NC(=O)[C@H]1CSCN1C(=O)c1c[nH]c2ccccc12. The molecule has 122 valence electrons. The van der Waals surface area contributed by atoms with Gasteiger partial charge in [-0.05, 0) is 19.4 Å². The second-order valence-corrected chi connectivity index (χ2v) is 6.86. The Morgan fingerprint density at radius 2 is 2.22 bits per heavy atom. The van der Waals surface area contributed by atoms with E-state index in [9.17, 15) is 9.59 Å². The first-order chi connectivity index (χ1) is 11.1. The minimum absolute atomic E-state index is 0.0578. The summed E-state index contributed by atoms with van der Waals surface area (Å²) in [7, 11) is 0. The maximum absolute atomic E-state index is 12.9. The lowest BCUT2D eigenvalue weighted by Gasteiger charge is -2.24. The minimum Gasteiger partial charge on any atom is -0.360 e. The van der Waals surface area contributed by atoms with Crippen LogP contribution in [-0.4, -0.2) is 45.4 Å². The van der Waals surface area contributed by atoms with Crippen LogP contribution in [0, 0.1) is 0 Å². The summed E-state index contributed by atoms with van der Waals surface area (Å²) in [5.41, 5.74) is 1.56. The number of carbonyl (C=O) groups is 2. The lowest BCUT2D eigenvalue weighted by molar-refractivity contribution is -0.125. The molecule has 5 nitrogen and oxygen atoms in total. The Morgan fingerprint density at radius 3 is 3.00 bits per heavy atom. The van der Waals surface area contributed by atoms with Crippen LogP contribution in [0.1, 0.15) is 30.6 Å².